The molecule has 0 amide bonds. The fourth-order valence-corrected chi connectivity index (χ4v) is 1.71. The summed E-state index contributed by atoms with van der Waals surface area (Å²) >= 11 is 0. The third kappa shape index (κ3) is 2.74. The van der Waals surface area contributed by atoms with E-state index >= 15 is 0 Å². The molecule has 2 aromatic rings. The van der Waals surface area contributed by atoms with Crippen LogP contribution in [0, 0.1) is 24.1 Å². The molecule has 0 unspecified atom stereocenters. The number of hydrogen-bond donors (Lipinski definition) is 1. The van der Waals surface area contributed by atoms with E-state index < -0.39 is 18.8 Å². The average molecular weight is 281 g/mol. The molecular weight excluding hydrogens is 271 g/mol. The number of aromatic nitrogens is 2. The quantitative estimate of drug-likeness (QED) is 0.937. The number of ether oxygens (including phenoxy) is 1. The Labute approximate surface area is 112 Å². The van der Waals surface area contributed by atoms with Gasteiger partial charge in [-0.2, -0.15) is 5.26 Å². The van der Waals surface area contributed by atoms with Crippen molar-refractivity contribution in [3.63, 3.8) is 0 Å². The van der Waals surface area contributed by atoms with Gasteiger partial charge in [0, 0.05) is 11.1 Å². The number of nitrogens with zero attached hydrogens (tertiary/aromatic N) is 2. The Morgan fingerprint density at radius 2 is 2.20 bits per heavy atom. The highest BCUT2D eigenvalue weighted by atomic mass is 19.3. The summed E-state index contributed by atoms with van der Waals surface area (Å²) in [7, 11) is 0. The number of nitrogens with one attached hydrogen (secondary N) is 1. The van der Waals surface area contributed by atoms with Crippen LogP contribution in [0.4, 0.5) is 13.2 Å². The van der Waals surface area contributed by atoms with Crippen molar-refractivity contribution in [3.8, 4) is 23.2 Å². The molecule has 0 spiro atoms. The van der Waals surface area contributed by atoms with E-state index in [9.17, 15) is 13.2 Å². The van der Waals surface area contributed by atoms with Crippen molar-refractivity contribution in [1.29, 1.82) is 5.26 Å². The van der Waals surface area contributed by atoms with Crippen LogP contribution in [0.2, 0.25) is 0 Å². The van der Waals surface area contributed by atoms with Gasteiger partial charge in [-0.15, -0.1) is 5.10 Å². The first-order chi connectivity index (χ1) is 9.52. The van der Waals surface area contributed by atoms with E-state index in [1.54, 1.807) is 6.92 Å². The predicted molar refractivity (Wildman–Crippen MR) is 64.9 cm³/mol. The number of halogens is 3. The highest BCUT2D eigenvalue weighted by Gasteiger charge is 2.16. The molecule has 1 aromatic carbocycles. The largest absolute Gasteiger partial charge is 0.470 e. The topological polar surface area (TPSA) is 61.7 Å². The van der Waals surface area contributed by atoms with E-state index in [0.29, 0.717) is 11.3 Å². The number of benzene rings is 1. The molecule has 2 rings (SSSR count). The summed E-state index contributed by atoms with van der Waals surface area (Å²) in [5.74, 6) is -0.597. The van der Waals surface area contributed by atoms with Gasteiger partial charge >= 0.3 is 0 Å². The van der Waals surface area contributed by atoms with Crippen molar-refractivity contribution < 1.29 is 17.9 Å². The van der Waals surface area contributed by atoms with E-state index in [0.717, 1.165) is 6.07 Å². The van der Waals surface area contributed by atoms with E-state index in [-0.39, 0.29) is 17.0 Å². The number of nitriles is 1. The first-order valence-electron chi connectivity index (χ1n) is 5.69. The minimum Gasteiger partial charge on any atom is -0.470 e. The van der Waals surface area contributed by atoms with Gasteiger partial charge in [-0.1, -0.05) is 0 Å². The fraction of sp³-hybridized carbons (Fsp3) is 0.231. The van der Waals surface area contributed by atoms with Crippen LogP contribution in [0.15, 0.2) is 18.2 Å². The van der Waals surface area contributed by atoms with Crippen molar-refractivity contribution >= 4 is 0 Å². The Morgan fingerprint density at radius 1 is 1.45 bits per heavy atom. The lowest BCUT2D eigenvalue weighted by Crippen LogP contribution is -2.07. The van der Waals surface area contributed by atoms with Crippen molar-refractivity contribution in [2.24, 2.45) is 0 Å². The van der Waals surface area contributed by atoms with Crippen LogP contribution < -0.4 is 4.74 Å². The van der Waals surface area contributed by atoms with E-state index in [4.69, 9.17) is 10.00 Å². The molecule has 0 aliphatic rings. The standard InChI is InChI=1S/C13H10F3N3O/c1-7-12(18-19-13(7)20-6-11(15)16)9-3-2-8(5-17)4-10(9)14/h2-4,11H,6H2,1H3,(H,18,19). The smallest absolute Gasteiger partial charge is 0.272 e. The van der Waals surface area contributed by atoms with Gasteiger partial charge in [0.25, 0.3) is 6.43 Å². The summed E-state index contributed by atoms with van der Waals surface area (Å²) in [5.41, 5.74) is 1.14. The lowest BCUT2D eigenvalue weighted by molar-refractivity contribution is 0.0792. The van der Waals surface area contributed by atoms with Crippen LogP contribution in [0.3, 0.4) is 0 Å². The minimum atomic E-state index is -2.61. The Balaban J connectivity index is 2.32. The normalized spacial score (nSPS) is 10.6. The molecule has 104 valence electrons. The summed E-state index contributed by atoms with van der Waals surface area (Å²) < 4.78 is 42.8. The second-order valence-electron chi connectivity index (χ2n) is 4.04. The SMILES string of the molecule is Cc1c(OCC(F)F)n[nH]c1-c1ccc(C#N)cc1F. The number of hydrogen-bond acceptors (Lipinski definition) is 3. The minimum absolute atomic E-state index is 0.00376. The molecule has 0 saturated carbocycles. The van der Waals surface area contributed by atoms with Gasteiger partial charge in [-0.3, -0.25) is 5.10 Å². The lowest BCUT2D eigenvalue weighted by atomic mass is 10.1. The van der Waals surface area contributed by atoms with Crippen LogP contribution in [0.25, 0.3) is 11.3 Å². The highest BCUT2D eigenvalue weighted by Crippen LogP contribution is 2.29. The maximum Gasteiger partial charge on any atom is 0.272 e. The van der Waals surface area contributed by atoms with Gasteiger partial charge in [0.15, 0.2) is 6.61 Å². The first kappa shape index (κ1) is 13.9. The maximum atomic E-state index is 13.9. The number of H-pyrrole nitrogens is 1. The van der Waals surface area contributed by atoms with Gasteiger partial charge in [0.05, 0.1) is 17.3 Å². The molecule has 1 heterocycles. The lowest BCUT2D eigenvalue weighted by Gasteiger charge is -2.04. The maximum absolute atomic E-state index is 13.9. The molecule has 0 radical (unpaired) electrons. The van der Waals surface area contributed by atoms with Crippen molar-refractivity contribution in [3.05, 3.63) is 35.1 Å². The summed E-state index contributed by atoms with van der Waals surface area (Å²) in [6, 6.07) is 5.80. The van der Waals surface area contributed by atoms with Crippen LogP contribution in [0.5, 0.6) is 5.88 Å². The van der Waals surface area contributed by atoms with E-state index in [1.165, 1.54) is 12.1 Å². The second kappa shape index (κ2) is 5.65. The third-order valence-corrected chi connectivity index (χ3v) is 2.68. The number of rotatable bonds is 4. The summed E-state index contributed by atoms with van der Waals surface area (Å²) in [6.07, 6.45) is -2.61. The third-order valence-electron chi connectivity index (χ3n) is 2.68. The molecule has 0 aliphatic carbocycles. The van der Waals surface area contributed by atoms with Crippen LogP contribution in [0.1, 0.15) is 11.1 Å². The Kier molecular flexibility index (Phi) is 3.94. The monoisotopic (exact) mass is 281 g/mol. The Hall–Kier alpha value is -2.49. The molecular formula is C13H10F3N3O. The molecule has 0 bridgehead atoms. The first-order valence-corrected chi connectivity index (χ1v) is 5.69. The van der Waals surface area contributed by atoms with Gasteiger partial charge in [0.2, 0.25) is 5.88 Å². The zero-order valence-corrected chi connectivity index (χ0v) is 10.5. The van der Waals surface area contributed by atoms with Crippen molar-refractivity contribution in [2.45, 2.75) is 13.3 Å². The van der Waals surface area contributed by atoms with Gasteiger partial charge in [-0.05, 0) is 25.1 Å². The van der Waals surface area contributed by atoms with Crippen molar-refractivity contribution in [2.75, 3.05) is 6.61 Å². The molecule has 1 N–H and O–H groups in total. The predicted octanol–water partition coefficient (Wildman–Crippen LogP) is 3.04. The molecule has 1 aromatic heterocycles. The summed E-state index contributed by atoms with van der Waals surface area (Å²) in [4.78, 5) is 0. The highest BCUT2D eigenvalue weighted by molar-refractivity contribution is 5.66. The van der Waals surface area contributed by atoms with Crippen LogP contribution >= 0.6 is 0 Å². The Bertz CT molecular complexity index is 661. The van der Waals surface area contributed by atoms with Gasteiger partial charge in [-0.25, -0.2) is 13.2 Å². The van der Waals surface area contributed by atoms with Crippen LogP contribution in [-0.4, -0.2) is 23.2 Å². The average Bonchev–Trinajstić information content (AvgIpc) is 2.77. The van der Waals surface area contributed by atoms with E-state index in [2.05, 4.69) is 10.2 Å². The Morgan fingerprint density at radius 3 is 2.80 bits per heavy atom. The molecule has 4 nitrogen and oxygen atoms in total. The second-order valence-corrected chi connectivity index (χ2v) is 4.04. The molecule has 0 fully saturated rings. The number of aromatic amines is 1. The van der Waals surface area contributed by atoms with E-state index in [1.807, 2.05) is 6.07 Å². The molecule has 20 heavy (non-hydrogen) atoms. The molecule has 0 saturated heterocycles. The number of alkyl halides is 2. The van der Waals surface area contributed by atoms with Gasteiger partial charge < -0.3 is 4.74 Å². The summed E-state index contributed by atoms with van der Waals surface area (Å²) in [6.45, 7) is 0.804. The fourth-order valence-electron chi connectivity index (χ4n) is 1.71. The molecule has 0 aliphatic heterocycles. The molecule has 7 heteroatoms. The molecule has 0 atom stereocenters. The zero-order chi connectivity index (χ0) is 14.7. The summed E-state index contributed by atoms with van der Waals surface area (Å²) in [5, 5.41) is 15.0. The van der Waals surface area contributed by atoms with Gasteiger partial charge in [0.1, 0.15) is 5.82 Å². The van der Waals surface area contributed by atoms with Crippen LogP contribution in [-0.2, 0) is 0 Å². The zero-order valence-electron chi connectivity index (χ0n) is 10.5. The van der Waals surface area contributed by atoms with Crippen molar-refractivity contribution in [1.82, 2.24) is 10.2 Å².